The summed E-state index contributed by atoms with van der Waals surface area (Å²) >= 11 is 0. The predicted molar refractivity (Wildman–Crippen MR) is 252 cm³/mol. The van der Waals surface area contributed by atoms with Crippen molar-refractivity contribution in [2.24, 2.45) is 0 Å². The van der Waals surface area contributed by atoms with Gasteiger partial charge in [0.05, 0.1) is 0 Å². The molecule has 0 radical (unpaired) electrons. The van der Waals surface area contributed by atoms with E-state index in [1.54, 1.807) is 0 Å². The van der Waals surface area contributed by atoms with E-state index in [0.29, 0.717) is 19.3 Å². The average molecular weight is 831 g/mol. The summed E-state index contributed by atoms with van der Waals surface area (Å²) in [6, 6.07) is 0. The SMILES string of the molecule is CCCCC/C=C\C/C=C\CCCCCCCC(=O)OCC(COC(=O)CCCCCCCCCCCCC)OC(=O)CCCCCCCCCCCCCCCCC. The molecule has 1 unspecified atom stereocenters. The van der Waals surface area contributed by atoms with Gasteiger partial charge in [-0.05, 0) is 51.4 Å². The van der Waals surface area contributed by atoms with Crippen molar-refractivity contribution in [1.29, 1.82) is 0 Å². The highest BCUT2D eigenvalue weighted by atomic mass is 16.6. The van der Waals surface area contributed by atoms with Crippen LogP contribution in [-0.4, -0.2) is 37.2 Å². The maximum atomic E-state index is 12.8. The van der Waals surface area contributed by atoms with Gasteiger partial charge in [0.1, 0.15) is 13.2 Å². The highest BCUT2D eigenvalue weighted by Crippen LogP contribution is 2.16. The third-order valence-corrected chi connectivity index (χ3v) is 11.5. The lowest BCUT2D eigenvalue weighted by molar-refractivity contribution is -0.167. The van der Waals surface area contributed by atoms with Crippen LogP contribution in [0.3, 0.4) is 0 Å². The molecule has 346 valence electrons. The molecule has 0 spiro atoms. The van der Waals surface area contributed by atoms with E-state index in [9.17, 15) is 14.4 Å². The Morgan fingerprint density at radius 3 is 0.966 bits per heavy atom. The molecular formula is C53H98O6. The Balaban J connectivity index is 4.35. The number of esters is 3. The van der Waals surface area contributed by atoms with Gasteiger partial charge in [-0.2, -0.15) is 0 Å². The highest BCUT2D eigenvalue weighted by molar-refractivity contribution is 5.71. The zero-order chi connectivity index (χ0) is 43.0. The lowest BCUT2D eigenvalue weighted by Gasteiger charge is -2.18. The van der Waals surface area contributed by atoms with E-state index in [2.05, 4.69) is 45.1 Å². The normalized spacial score (nSPS) is 12.1. The first-order chi connectivity index (χ1) is 29.0. The molecule has 0 saturated heterocycles. The van der Waals surface area contributed by atoms with Crippen molar-refractivity contribution in [2.75, 3.05) is 13.2 Å². The van der Waals surface area contributed by atoms with E-state index in [-0.39, 0.29) is 31.1 Å². The first kappa shape index (κ1) is 56.9. The van der Waals surface area contributed by atoms with Crippen LogP contribution in [0, 0.1) is 0 Å². The van der Waals surface area contributed by atoms with Gasteiger partial charge in [0.25, 0.3) is 0 Å². The van der Waals surface area contributed by atoms with Crippen LogP contribution in [0.15, 0.2) is 24.3 Å². The smallest absolute Gasteiger partial charge is 0.306 e. The maximum Gasteiger partial charge on any atom is 0.306 e. The molecule has 0 saturated carbocycles. The predicted octanol–water partition coefficient (Wildman–Crippen LogP) is 16.8. The molecule has 0 aliphatic rings. The molecule has 6 nitrogen and oxygen atoms in total. The van der Waals surface area contributed by atoms with Gasteiger partial charge in [-0.3, -0.25) is 14.4 Å². The number of unbranched alkanes of at least 4 members (excludes halogenated alkanes) is 32. The van der Waals surface area contributed by atoms with Gasteiger partial charge < -0.3 is 14.2 Å². The Morgan fingerprint density at radius 1 is 0.339 bits per heavy atom. The summed E-state index contributed by atoms with van der Waals surface area (Å²) in [7, 11) is 0. The second-order valence-corrected chi connectivity index (χ2v) is 17.4. The van der Waals surface area contributed by atoms with Crippen molar-refractivity contribution in [2.45, 2.75) is 284 Å². The van der Waals surface area contributed by atoms with Gasteiger partial charge in [0.15, 0.2) is 6.10 Å². The third kappa shape index (κ3) is 46.8. The van der Waals surface area contributed by atoms with Crippen molar-refractivity contribution in [3.8, 4) is 0 Å². The fourth-order valence-corrected chi connectivity index (χ4v) is 7.53. The molecule has 0 aromatic rings. The Kier molecular flexibility index (Phi) is 46.8. The molecule has 0 aliphatic carbocycles. The zero-order valence-corrected chi connectivity index (χ0v) is 39.5. The number of carbonyl (C=O) groups is 3. The minimum Gasteiger partial charge on any atom is -0.462 e. The number of allylic oxidation sites excluding steroid dienone is 4. The molecule has 6 heteroatoms. The van der Waals surface area contributed by atoms with Crippen LogP contribution < -0.4 is 0 Å². The standard InChI is InChI=1S/C53H98O6/c1-4-7-10-13-16-19-22-24-26-28-31-34-37-40-43-46-52(55)58-49-50(48-57-51(54)45-42-39-36-33-30-21-18-15-12-9-6-3)59-53(56)47-44-41-38-35-32-29-27-25-23-20-17-14-11-8-5-2/h16,19,24,26,50H,4-15,17-18,20-23,25,27-49H2,1-3H3/b19-16-,26-24-. The van der Waals surface area contributed by atoms with Crippen molar-refractivity contribution < 1.29 is 28.6 Å². The minimum absolute atomic E-state index is 0.0710. The second kappa shape index (κ2) is 48.6. The summed E-state index contributed by atoms with van der Waals surface area (Å²) < 4.78 is 16.8. The topological polar surface area (TPSA) is 78.9 Å². The lowest BCUT2D eigenvalue weighted by atomic mass is 10.0. The molecule has 0 bridgehead atoms. The Morgan fingerprint density at radius 2 is 0.610 bits per heavy atom. The van der Waals surface area contributed by atoms with Gasteiger partial charge in [-0.1, -0.05) is 231 Å². The summed E-state index contributed by atoms with van der Waals surface area (Å²) in [4.78, 5) is 37.9. The largest absolute Gasteiger partial charge is 0.462 e. The van der Waals surface area contributed by atoms with E-state index in [1.807, 2.05) is 0 Å². The zero-order valence-electron chi connectivity index (χ0n) is 39.5. The lowest BCUT2D eigenvalue weighted by Crippen LogP contribution is -2.30. The first-order valence-electron chi connectivity index (χ1n) is 25.8. The van der Waals surface area contributed by atoms with Crippen LogP contribution in [0.1, 0.15) is 278 Å². The van der Waals surface area contributed by atoms with Crippen molar-refractivity contribution >= 4 is 17.9 Å². The van der Waals surface area contributed by atoms with Gasteiger partial charge in [-0.25, -0.2) is 0 Å². The monoisotopic (exact) mass is 831 g/mol. The fraction of sp³-hybridized carbons (Fsp3) is 0.868. The molecule has 0 amide bonds. The molecule has 0 aromatic heterocycles. The number of carbonyl (C=O) groups excluding carboxylic acids is 3. The summed E-state index contributed by atoms with van der Waals surface area (Å²) in [5.74, 6) is -0.872. The fourth-order valence-electron chi connectivity index (χ4n) is 7.53. The maximum absolute atomic E-state index is 12.8. The Hall–Kier alpha value is -2.11. The van der Waals surface area contributed by atoms with Gasteiger partial charge in [-0.15, -0.1) is 0 Å². The number of hydrogen-bond acceptors (Lipinski definition) is 6. The molecule has 0 N–H and O–H groups in total. The van der Waals surface area contributed by atoms with E-state index in [4.69, 9.17) is 14.2 Å². The molecule has 0 heterocycles. The van der Waals surface area contributed by atoms with Crippen LogP contribution in [0.5, 0.6) is 0 Å². The first-order valence-corrected chi connectivity index (χ1v) is 25.8. The molecule has 0 rings (SSSR count). The number of rotatable bonds is 47. The van der Waals surface area contributed by atoms with Gasteiger partial charge in [0, 0.05) is 19.3 Å². The highest BCUT2D eigenvalue weighted by Gasteiger charge is 2.19. The van der Waals surface area contributed by atoms with E-state index >= 15 is 0 Å². The minimum atomic E-state index is -0.770. The van der Waals surface area contributed by atoms with Crippen molar-refractivity contribution in [1.82, 2.24) is 0 Å². The van der Waals surface area contributed by atoms with Crippen LogP contribution in [0.2, 0.25) is 0 Å². The van der Waals surface area contributed by atoms with Crippen molar-refractivity contribution in [3.05, 3.63) is 24.3 Å². The molecule has 0 aliphatic heterocycles. The average Bonchev–Trinajstić information content (AvgIpc) is 3.23. The van der Waals surface area contributed by atoms with Crippen LogP contribution in [-0.2, 0) is 28.6 Å². The molecule has 1 atom stereocenters. The third-order valence-electron chi connectivity index (χ3n) is 11.5. The van der Waals surface area contributed by atoms with Crippen LogP contribution in [0.25, 0.3) is 0 Å². The number of hydrogen-bond donors (Lipinski definition) is 0. The second-order valence-electron chi connectivity index (χ2n) is 17.4. The van der Waals surface area contributed by atoms with Crippen LogP contribution >= 0.6 is 0 Å². The van der Waals surface area contributed by atoms with Gasteiger partial charge in [0.2, 0.25) is 0 Å². The Bertz CT molecular complexity index is 958. The summed E-state index contributed by atoms with van der Waals surface area (Å²) in [5, 5.41) is 0. The molecule has 0 fully saturated rings. The number of ether oxygens (including phenoxy) is 3. The van der Waals surface area contributed by atoms with E-state index < -0.39 is 6.10 Å². The molecule has 0 aromatic carbocycles. The Labute approximate surface area is 366 Å². The molecule has 59 heavy (non-hydrogen) atoms. The van der Waals surface area contributed by atoms with Gasteiger partial charge >= 0.3 is 17.9 Å². The quantitative estimate of drug-likeness (QED) is 0.0263. The van der Waals surface area contributed by atoms with Crippen molar-refractivity contribution in [3.63, 3.8) is 0 Å². The van der Waals surface area contributed by atoms with E-state index in [1.165, 1.54) is 161 Å². The molecular weight excluding hydrogens is 733 g/mol. The van der Waals surface area contributed by atoms with Crippen LogP contribution in [0.4, 0.5) is 0 Å². The summed E-state index contributed by atoms with van der Waals surface area (Å²) in [6.45, 7) is 6.62. The van der Waals surface area contributed by atoms with E-state index in [0.717, 1.165) is 77.0 Å². The summed E-state index contributed by atoms with van der Waals surface area (Å²) in [6.07, 6.45) is 54.4. The summed E-state index contributed by atoms with van der Waals surface area (Å²) in [5.41, 5.74) is 0.